The van der Waals surface area contributed by atoms with Crippen LogP contribution in [0.15, 0.2) is 78.0 Å². The predicted molar refractivity (Wildman–Crippen MR) is 125 cm³/mol. The number of sulfonamides is 1. The van der Waals surface area contributed by atoms with Gasteiger partial charge in [0.1, 0.15) is 5.75 Å². The number of hydrogen-bond donors (Lipinski definition) is 2. The quantitative estimate of drug-likeness (QED) is 0.483. The maximum atomic E-state index is 13.7. The molecule has 4 rings (SSSR count). The van der Waals surface area contributed by atoms with Crippen molar-refractivity contribution >= 4 is 26.8 Å². The SMILES string of the molecule is O=C(O)CC/C=C\C[C@@H]1CN(S(=O)(=O)c2cccc3cnccc23)C[C@H]1c1ccccc1O. The number of carboxylic acid groups (broad SMARTS) is 1. The number of aliphatic carboxylic acids is 1. The maximum absolute atomic E-state index is 13.7. The van der Waals surface area contributed by atoms with Gasteiger partial charge in [0.05, 0.1) is 4.90 Å². The van der Waals surface area contributed by atoms with Crippen molar-refractivity contribution < 1.29 is 23.4 Å². The third-order valence-electron chi connectivity index (χ3n) is 6.13. The third-order valence-corrected chi connectivity index (χ3v) is 8.02. The summed E-state index contributed by atoms with van der Waals surface area (Å²) in [5.74, 6) is -0.930. The molecule has 2 N–H and O–H groups in total. The summed E-state index contributed by atoms with van der Waals surface area (Å²) in [7, 11) is -3.78. The molecule has 172 valence electrons. The summed E-state index contributed by atoms with van der Waals surface area (Å²) in [5.41, 5.74) is 0.723. The minimum atomic E-state index is -3.78. The summed E-state index contributed by atoms with van der Waals surface area (Å²) in [6.45, 7) is 0.571. The van der Waals surface area contributed by atoms with E-state index in [1.54, 1.807) is 42.7 Å². The van der Waals surface area contributed by atoms with E-state index in [0.29, 0.717) is 24.8 Å². The van der Waals surface area contributed by atoms with Crippen molar-refractivity contribution in [1.29, 1.82) is 0 Å². The van der Waals surface area contributed by atoms with E-state index in [1.807, 2.05) is 30.4 Å². The van der Waals surface area contributed by atoms with Crippen LogP contribution < -0.4 is 0 Å². The standard InChI is InChI=1S/C25H26N2O5S/c28-23-10-5-4-9-21(23)22-17-27(16-19(22)7-2-1-3-12-25(29)30)33(31,32)24-11-6-8-18-15-26-14-13-20(18)24/h1-2,4-6,8-11,13-15,19,22,28H,3,7,12,16-17H2,(H,29,30)/b2-1-/t19-,22-/m1/s1. The van der Waals surface area contributed by atoms with Gasteiger partial charge in [-0.2, -0.15) is 4.31 Å². The van der Waals surface area contributed by atoms with E-state index in [1.165, 1.54) is 4.31 Å². The molecule has 1 aliphatic heterocycles. The number of rotatable bonds is 8. The molecule has 0 radical (unpaired) electrons. The molecular formula is C25H26N2O5S. The van der Waals surface area contributed by atoms with Crippen LogP contribution in [0.5, 0.6) is 5.75 Å². The average molecular weight is 467 g/mol. The average Bonchev–Trinajstić information content (AvgIpc) is 3.23. The highest BCUT2D eigenvalue weighted by molar-refractivity contribution is 7.89. The van der Waals surface area contributed by atoms with Gasteiger partial charge in [0.2, 0.25) is 10.0 Å². The molecule has 1 aromatic heterocycles. The highest BCUT2D eigenvalue weighted by Crippen LogP contribution is 2.41. The highest BCUT2D eigenvalue weighted by atomic mass is 32.2. The van der Waals surface area contributed by atoms with E-state index in [0.717, 1.165) is 10.9 Å². The van der Waals surface area contributed by atoms with Crippen LogP contribution in [0.4, 0.5) is 0 Å². The molecule has 0 aliphatic carbocycles. The van der Waals surface area contributed by atoms with Gasteiger partial charge in [0.25, 0.3) is 0 Å². The number of benzene rings is 2. The van der Waals surface area contributed by atoms with Gasteiger partial charge in [-0.25, -0.2) is 8.42 Å². The number of aromatic nitrogens is 1. The Morgan fingerprint density at radius 2 is 1.91 bits per heavy atom. The van der Waals surface area contributed by atoms with E-state index in [9.17, 15) is 18.3 Å². The summed E-state index contributed by atoms with van der Waals surface area (Å²) in [4.78, 5) is 15.1. The monoisotopic (exact) mass is 466 g/mol. The molecule has 7 nitrogen and oxygen atoms in total. The first kappa shape index (κ1) is 22.9. The minimum Gasteiger partial charge on any atom is -0.508 e. The number of pyridine rings is 1. The fraction of sp³-hybridized carbons (Fsp3) is 0.280. The summed E-state index contributed by atoms with van der Waals surface area (Å²) >= 11 is 0. The zero-order chi connectivity index (χ0) is 23.4. The van der Waals surface area contributed by atoms with E-state index < -0.39 is 16.0 Å². The van der Waals surface area contributed by atoms with Crippen molar-refractivity contribution in [3.05, 3.63) is 78.6 Å². The molecule has 2 heterocycles. The lowest BCUT2D eigenvalue weighted by Crippen LogP contribution is -2.29. The van der Waals surface area contributed by atoms with Gasteiger partial charge in [-0.15, -0.1) is 0 Å². The molecular weight excluding hydrogens is 440 g/mol. The molecule has 8 heteroatoms. The molecule has 3 aromatic rings. The number of fused-ring (bicyclic) bond motifs is 1. The fourth-order valence-corrected chi connectivity index (χ4v) is 6.21. The van der Waals surface area contributed by atoms with Gasteiger partial charge in [-0.3, -0.25) is 9.78 Å². The first-order valence-electron chi connectivity index (χ1n) is 10.9. The highest BCUT2D eigenvalue weighted by Gasteiger charge is 2.40. The first-order valence-corrected chi connectivity index (χ1v) is 12.3. The number of para-hydroxylation sites is 1. The number of nitrogens with zero attached hydrogens (tertiary/aromatic N) is 2. The van der Waals surface area contributed by atoms with Crippen LogP contribution in [0.25, 0.3) is 10.8 Å². The lowest BCUT2D eigenvalue weighted by molar-refractivity contribution is -0.136. The van der Waals surface area contributed by atoms with Crippen LogP contribution in [0.1, 0.15) is 30.7 Å². The molecule has 2 aromatic carbocycles. The van der Waals surface area contributed by atoms with E-state index >= 15 is 0 Å². The molecule has 33 heavy (non-hydrogen) atoms. The van der Waals surface area contributed by atoms with Gasteiger partial charge in [-0.1, -0.05) is 42.5 Å². The van der Waals surface area contributed by atoms with Crippen molar-refractivity contribution in [2.45, 2.75) is 30.1 Å². The molecule has 2 atom stereocenters. The number of hydrogen-bond acceptors (Lipinski definition) is 5. The van der Waals surface area contributed by atoms with Gasteiger partial charge in [-0.05, 0) is 42.5 Å². The first-order chi connectivity index (χ1) is 15.9. The van der Waals surface area contributed by atoms with Crippen molar-refractivity contribution in [3.63, 3.8) is 0 Å². The van der Waals surface area contributed by atoms with Crippen molar-refractivity contribution in [2.75, 3.05) is 13.1 Å². The van der Waals surface area contributed by atoms with Crippen molar-refractivity contribution in [2.24, 2.45) is 5.92 Å². The van der Waals surface area contributed by atoms with E-state index in [4.69, 9.17) is 5.11 Å². The molecule has 0 bridgehead atoms. The Balaban J connectivity index is 1.64. The van der Waals surface area contributed by atoms with Gasteiger partial charge < -0.3 is 10.2 Å². The van der Waals surface area contributed by atoms with Crippen LogP contribution in [0, 0.1) is 5.92 Å². The summed E-state index contributed by atoms with van der Waals surface area (Å²) < 4.78 is 28.8. The van der Waals surface area contributed by atoms with Crippen LogP contribution in [0.3, 0.4) is 0 Å². The lowest BCUT2D eigenvalue weighted by Gasteiger charge is -2.18. The Labute approximate surface area is 193 Å². The predicted octanol–water partition coefficient (Wildman–Crippen LogP) is 4.16. The Hall–Kier alpha value is -3.23. The van der Waals surface area contributed by atoms with Gasteiger partial charge in [0.15, 0.2) is 0 Å². The number of allylic oxidation sites excluding steroid dienone is 2. The Kier molecular flexibility index (Phi) is 6.76. The summed E-state index contributed by atoms with van der Waals surface area (Å²) in [5, 5.41) is 20.6. The maximum Gasteiger partial charge on any atom is 0.303 e. The van der Waals surface area contributed by atoms with Crippen LogP contribution >= 0.6 is 0 Å². The van der Waals surface area contributed by atoms with Gasteiger partial charge >= 0.3 is 5.97 Å². The van der Waals surface area contributed by atoms with E-state index in [2.05, 4.69) is 4.98 Å². The number of carboxylic acids is 1. The second-order valence-corrected chi connectivity index (χ2v) is 10.1. The van der Waals surface area contributed by atoms with Crippen LogP contribution in [-0.2, 0) is 14.8 Å². The largest absolute Gasteiger partial charge is 0.508 e. The van der Waals surface area contributed by atoms with Crippen molar-refractivity contribution in [1.82, 2.24) is 9.29 Å². The number of aromatic hydroxyl groups is 1. The third kappa shape index (κ3) is 4.91. The minimum absolute atomic E-state index is 0.0502. The topological polar surface area (TPSA) is 108 Å². The number of carbonyl (C=O) groups is 1. The molecule has 0 spiro atoms. The molecule has 0 unspecified atom stereocenters. The smallest absolute Gasteiger partial charge is 0.303 e. The molecule has 0 saturated carbocycles. The molecule has 1 saturated heterocycles. The normalized spacial score (nSPS) is 19.4. The van der Waals surface area contributed by atoms with E-state index in [-0.39, 0.29) is 35.4 Å². The zero-order valence-electron chi connectivity index (χ0n) is 18.0. The Bertz CT molecular complexity index is 1280. The number of phenolic OH excluding ortho intramolecular Hbond substituents is 1. The summed E-state index contributed by atoms with van der Waals surface area (Å²) in [6, 6.07) is 13.9. The second kappa shape index (κ2) is 9.72. The second-order valence-electron chi connectivity index (χ2n) is 8.24. The van der Waals surface area contributed by atoms with Crippen molar-refractivity contribution in [3.8, 4) is 5.75 Å². The lowest BCUT2D eigenvalue weighted by atomic mass is 9.86. The molecule has 1 aliphatic rings. The Morgan fingerprint density at radius 1 is 1.09 bits per heavy atom. The fourth-order valence-electron chi connectivity index (χ4n) is 4.47. The van der Waals surface area contributed by atoms with Crippen LogP contribution in [0.2, 0.25) is 0 Å². The summed E-state index contributed by atoms with van der Waals surface area (Å²) in [6.07, 6.45) is 8.04. The number of phenols is 1. The molecule has 0 amide bonds. The van der Waals surface area contributed by atoms with Gasteiger partial charge in [0, 0.05) is 48.6 Å². The zero-order valence-corrected chi connectivity index (χ0v) is 18.9. The molecule has 1 fully saturated rings. The Morgan fingerprint density at radius 3 is 2.70 bits per heavy atom. The van der Waals surface area contributed by atoms with Crippen LogP contribution in [-0.4, -0.2) is 47.0 Å².